The van der Waals surface area contributed by atoms with Crippen molar-refractivity contribution in [1.29, 1.82) is 0 Å². The van der Waals surface area contributed by atoms with Gasteiger partial charge in [-0.2, -0.15) is 13.2 Å². The van der Waals surface area contributed by atoms with E-state index in [-0.39, 0.29) is 34.9 Å². The number of nitrogens with zero attached hydrogens (tertiary/aromatic N) is 3. The van der Waals surface area contributed by atoms with Crippen molar-refractivity contribution in [3.05, 3.63) is 70.0 Å². The smallest absolute Gasteiger partial charge is 0.302 e. The van der Waals surface area contributed by atoms with Crippen LogP contribution in [0.2, 0.25) is 0 Å². The van der Waals surface area contributed by atoms with Crippen molar-refractivity contribution in [2.75, 3.05) is 11.1 Å². The summed E-state index contributed by atoms with van der Waals surface area (Å²) in [4.78, 5) is 24.0. The highest BCUT2D eigenvalue weighted by Gasteiger charge is 2.37. The third-order valence-corrected chi connectivity index (χ3v) is 8.88. The van der Waals surface area contributed by atoms with E-state index in [2.05, 4.69) is 20.2 Å². The Kier molecular flexibility index (Phi) is 7.72. The summed E-state index contributed by atoms with van der Waals surface area (Å²) in [6, 6.07) is 8.81. The Morgan fingerprint density at radius 3 is 2.51 bits per heavy atom. The fourth-order valence-corrected chi connectivity index (χ4v) is 6.33. The van der Waals surface area contributed by atoms with Gasteiger partial charge in [0.2, 0.25) is 5.91 Å². The van der Waals surface area contributed by atoms with Crippen LogP contribution in [0.3, 0.4) is 0 Å². The molecule has 0 fully saturated rings. The van der Waals surface area contributed by atoms with Gasteiger partial charge in [-0.25, -0.2) is 13.4 Å². The number of thiazole rings is 1. The lowest BCUT2D eigenvalue weighted by Gasteiger charge is -2.27. The van der Waals surface area contributed by atoms with Crippen molar-refractivity contribution in [2.24, 2.45) is 5.92 Å². The van der Waals surface area contributed by atoms with Gasteiger partial charge in [-0.05, 0) is 41.3 Å². The van der Waals surface area contributed by atoms with Crippen LogP contribution in [0.25, 0.3) is 0 Å². The second-order valence-corrected chi connectivity index (χ2v) is 12.6. The summed E-state index contributed by atoms with van der Waals surface area (Å²) in [7, 11) is -3.30. The molecular weight excluding hydrogens is 525 g/mol. The molecule has 1 amide bonds. The van der Waals surface area contributed by atoms with Crippen LogP contribution in [-0.4, -0.2) is 34.9 Å². The number of alkyl halides is 3. The van der Waals surface area contributed by atoms with Crippen molar-refractivity contribution in [1.82, 2.24) is 14.9 Å². The van der Waals surface area contributed by atoms with Crippen LogP contribution in [0.15, 0.2) is 47.5 Å². The minimum Gasteiger partial charge on any atom is -0.302 e. The third-order valence-electron chi connectivity index (χ3n) is 6.15. The van der Waals surface area contributed by atoms with Crippen LogP contribution >= 0.6 is 11.3 Å². The number of carbonyl (C=O) groups is 1. The maximum absolute atomic E-state index is 13.1. The third kappa shape index (κ3) is 6.19. The fourth-order valence-electron chi connectivity index (χ4n) is 4.40. The first-order chi connectivity index (χ1) is 17.4. The Bertz CT molecular complexity index is 1390. The molecule has 1 aromatic carbocycles. The topological polar surface area (TPSA) is 92.3 Å². The summed E-state index contributed by atoms with van der Waals surface area (Å²) in [5.41, 5.74) is 1.12. The maximum atomic E-state index is 13.1. The highest BCUT2D eigenvalue weighted by molar-refractivity contribution is 7.91. The molecule has 1 atom stereocenters. The number of halogens is 3. The van der Waals surface area contributed by atoms with Gasteiger partial charge >= 0.3 is 6.18 Å². The van der Waals surface area contributed by atoms with E-state index in [0.717, 1.165) is 16.6 Å². The molecule has 0 bridgehead atoms. The lowest BCUT2D eigenvalue weighted by atomic mass is 10.0. The van der Waals surface area contributed by atoms with Gasteiger partial charge in [0.15, 0.2) is 15.0 Å². The molecule has 4 rings (SSSR count). The Balaban J connectivity index is 1.43. The molecule has 1 aliphatic rings. The average molecular weight is 553 g/mol. The number of rotatable bonds is 8. The highest BCUT2D eigenvalue weighted by Crippen LogP contribution is 2.43. The number of nitrogens with one attached hydrogen (secondary N) is 1. The van der Waals surface area contributed by atoms with Crippen LogP contribution < -0.4 is 5.32 Å². The van der Waals surface area contributed by atoms with Gasteiger partial charge in [-0.3, -0.25) is 14.7 Å². The second kappa shape index (κ2) is 10.5. The van der Waals surface area contributed by atoms with E-state index in [4.69, 9.17) is 0 Å². The van der Waals surface area contributed by atoms with Crippen molar-refractivity contribution >= 4 is 32.2 Å². The first-order valence-corrected chi connectivity index (χ1v) is 14.2. The molecule has 12 heteroatoms. The zero-order chi connectivity index (χ0) is 27.0. The van der Waals surface area contributed by atoms with Gasteiger partial charge in [-0.1, -0.05) is 32.9 Å². The number of carbonyl (C=O) groups excluding carboxylic acids is 1. The van der Waals surface area contributed by atoms with Crippen LogP contribution in [-0.2, 0) is 40.3 Å². The zero-order valence-electron chi connectivity index (χ0n) is 20.5. The first-order valence-electron chi connectivity index (χ1n) is 11.7. The van der Waals surface area contributed by atoms with Crippen LogP contribution in [0, 0.1) is 5.92 Å². The van der Waals surface area contributed by atoms with Gasteiger partial charge in [0, 0.05) is 24.2 Å². The van der Waals surface area contributed by atoms with E-state index in [9.17, 15) is 26.4 Å². The summed E-state index contributed by atoms with van der Waals surface area (Å²) in [6.07, 6.45) is -3.25. The summed E-state index contributed by atoms with van der Waals surface area (Å²) in [5, 5.41) is 3.29. The minimum atomic E-state index is -4.50. The fraction of sp³-hybridized carbons (Fsp3) is 0.400. The molecule has 0 unspecified atom stereocenters. The van der Waals surface area contributed by atoms with Crippen molar-refractivity contribution in [3.63, 3.8) is 0 Å². The number of fused-ring (bicyclic) bond motifs is 1. The molecule has 2 aromatic heterocycles. The molecule has 0 spiro atoms. The maximum Gasteiger partial charge on any atom is 0.433 e. The first kappa shape index (κ1) is 27.2. The van der Waals surface area contributed by atoms with Gasteiger partial charge in [-0.15, -0.1) is 11.3 Å². The van der Waals surface area contributed by atoms with E-state index < -0.39 is 21.7 Å². The van der Waals surface area contributed by atoms with Crippen molar-refractivity contribution < 1.29 is 26.4 Å². The van der Waals surface area contributed by atoms with Crippen LogP contribution in [0.4, 0.5) is 18.3 Å². The molecule has 1 aliphatic heterocycles. The van der Waals surface area contributed by atoms with E-state index in [1.54, 1.807) is 25.1 Å². The van der Waals surface area contributed by atoms with E-state index in [0.29, 0.717) is 29.3 Å². The zero-order valence-corrected chi connectivity index (χ0v) is 22.2. The van der Waals surface area contributed by atoms with Gasteiger partial charge in [0.1, 0.15) is 5.69 Å². The lowest BCUT2D eigenvalue weighted by Crippen LogP contribution is -2.26. The molecule has 3 aromatic rings. The van der Waals surface area contributed by atoms with Crippen molar-refractivity contribution in [3.8, 4) is 0 Å². The van der Waals surface area contributed by atoms with E-state index in [1.165, 1.54) is 29.7 Å². The molecular formula is C25H27F3N4O3S2. The van der Waals surface area contributed by atoms with Crippen LogP contribution in [0.5, 0.6) is 0 Å². The second-order valence-electron chi connectivity index (χ2n) is 9.24. The Morgan fingerprint density at radius 1 is 1.19 bits per heavy atom. The number of amides is 1. The summed E-state index contributed by atoms with van der Waals surface area (Å²) < 4.78 is 63.1. The molecule has 0 saturated heterocycles. The lowest BCUT2D eigenvalue weighted by molar-refractivity contribution is -0.141. The Labute approximate surface area is 217 Å². The number of hydrogen-bond donors (Lipinski definition) is 1. The summed E-state index contributed by atoms with van der Waals surface area (Å²) >= 11 is 1.36. The Hall–Kier alpha value is -2.83. The van der Waals surface area contributed by atoms with Crippen LogP contribution in [0.1, 0.15) is 54.2 Å². The molecule has 0 radical (unpaired) electrons. The molecule has 7 nitrogen and oxygen atoms in total. The van der Waals surface area contributed by atoms with Crippen molar-refractivity contribution in [2.45, 2.75) is 57.4 Å². The molecule has 198 valence electrons. The minimum absolute atomic E-state index is 0.00744. The molecule has 37 heavy (non-hydrogen) atoms. The Morgan fingerprint density at radius 2 is 1.89 bits per heavy atom. The number of aromatic nitrogens is 2. The predicted molar refractivity (Wildman–Crippen MR) is 135 cm³/mol. The largest absolute Gasteiger partial charge is 0.433 e. The van der Waals surface area contributed by atoms with Gasteiger partial charge < -0.3 is 5.32 Å². The molecule has 1 N–H and O–H groups in total. The number of anilines is 1. The predicted octanol–water partition coefficient (Wildman–Crippen LogP) is 5.24. The SMILES string of the molecule is CCS(=O)(=O)c1ccc(CC(=O)Nc2nc3c(s2)CN(Cc2ccnc(C(F)(F)F)c2)[C@@H]3C(C)C)cc1. The molecule has 0 aliphatic carbocycles. The quantitative estimate of drug-likeness (QED) is 0.411. The average Bonchev–Trinajstić information content (AvgIpc) is 3.35. The standard InChI is InChI=1S/C25H27F3N4O3S2/c1-4-37(34,35)18-7-5-16(6-8-18)12-21(33)30-24-31-22-19(36-24)14-32(23(22)15(2)3)13-17-9-10-29-20(11-17)25(26,27)28/h5-11,15,23H,4,12-14H2,1-3H3,(H,30,31,33)/t23-/m1/s1. The molecule has 3 heterocycles. The van der Waals surface area contributed by atoms with Gasteiger partial charge in [0.05, 0.1) is 28.8 Å². The number of sulfone groups is 1. The van der Waals surface area contributed by atoms with Gasteiger partial charge in [0.25, 0.3) is 0 Å². The van der Waals surface area contributed by atoms with E-state index >= 15 is 0 Å². The van der Waals surface area contributed by atoms with E-state index in [1.807, 2.05) is 13.8 Å². The normalized spacial score (nSPS) is 16.2. The summed E-state index contributed by atoms with van der Waals surface area (Å²) in [6.45, 7) is 6.47. The molecule has 0 saturated carbocycles. The number of benzene rings is 1. The number of pyridine rings is 1. The highest BCUT2D eigenvalue weighted by atomic mass is 32.2. The number of hydrogen-bond acceptors (Lipinski definition) is 7. The summed E-state index contributed by atoms with van der Waals surface area (Å²) in [5.74, 6) is -0.116. The monoisotopic (exact) mass is 552 g/mol.